The molecular weight excluding hydrogens is 445 g/mol. The van der Waals surface area contributed by atoms with E-state index in [1.54, 1.807) is 0 Å². The van der Waals surface area contributed by atoms with Gasteiger partial charge in [-0.15, -0.1) is 0 Å². The molecule has 2 aromatic carbocycles. The van der Waals surface area contributed by atoms with Crippen LogP contribution in [0.1, 0.15) is 11.1 Å². The van der Waals surface area contributed by atoms with Gasteiger partial charge in [-0.2, -0.15) is 0 Å². The summed E-state index contributed by atoms with van der Waals surface area (Å²) >= 11 is 0. The molecule has 0 aliphatic rings. The Kier molecular flexibility index (Phi) is 10.3. The van der Waals surface area contributed by atoms with Crippen molar-refractivity contribution in [2.75, 3.05) is 0 Å². The van der Waals surface area contributed by atoms with Crippen LogP contribution in [0.25, 0.3) is 0 Å². The van der Waals surface area contributed by atoms with Gasteiger partial charge in [0.15, 0.2) is 0 Å². The molecule has 0 aromatic heterocycles. The Morgan fingerprint density at radius 2 is 0.862 bits per heavy atom. The number of benzene rings is 2. The summed E-state index contributed by atoms with van der Waals surface area (Å²) in [5.74, 6) is 0. The van der Waals surface area contributed by atoms with Gasteiger partial charge in [-0.25, -0.2) is 16.8 Å². The van der Waals surface area contributed by atoms with Crippen LogP contribution in [-0.4, -0.2) is 58.8 Å². The molecule has 0 aliphatic carbocycles. The second-order valence-electron chi connectivity index (χ2n) is 5.18. The molecule has 0 aliphatic heterocycles. The fourth-order valence-corrected chi connectivity index (χ4v) is 2.76. The summed E-state index contributed by atoms with van der Waals surface area (Å²) in [4.78, 5) is 18.3. The third-order valence-electron chi connectivity index (χ3n) is 3.05. The first-order chi connectivity index (χ1) is 12.8. The summed E-state index contributed by atoms with van der Waals surface area (Å²) in [6.45, 7) is -0.779. The molecule has 0 atom stereocenters. The van der Waals surface area contributed by atoms with E-state index >= 15 is 0 Å². The first-order valence-corrected chi connectivity index (χ1v) is 9.94. The van der Waals surface area contributed by atoms with E-state index in [0.29, 0.717) is 11.1 Å². The molecule has 12 nitrogen and oxygen atoms in total. The SMILES string of the molecule is O=[N+]([O-])Cc1ccc(S(=O)(=O)[O-])cc1.O=[N+]([O-])Cc1ccc(S(=O)(=O)[O-])cc1.[Mg+2]. The Bertz CT molecular complexity index is 965. The summed E-state index contributed by atoms with van der Waals surface area (Å²) in [5, 5.41) is 20.2. The van der Waals surface area contributed by atoms with Crippen molar-refractivity contribution in [2.45, 2.75) is 22.9 Å². The third kappa shape index (κ3) is 10.2. The van der Waals surface area contributed by atoms with Crippen molar-refractivity contribution in [3.05, 3.63) is 79.9 Å². The Hall–Kier alpha value is -2.17. The maximum Gasteiger partial charge on any atom is 2.00 e. The maximum atomic E-state index is 10.5. The van der Waals surface area contributed by atoms with Crippen LogP contribution in [0.5, 0.6) is 0 Å². The second kappa shape index (κ2) is 11.1. The van der Waals surface area contributed by atoms with E-state index in [4.69, 9.17) is 0 Å². The minimum absolute atomic E-state index is 0. The molecule has 2 aromatic rings. The predicted molar refractivity (Wildman–Crippen MR) is 96.0 cm³/mol. The van der Waals surface area contributed by atoms with Gasteiger partial charge < -0.3 is 9.11 Å². The molecule has 0 fully saturated rings. The van der Waals surface area contributed by atoms with Crippen LogP contribution in [-0.2, 0) is 33.3 Å². The number of hydrogen-bond donors (Lipinski definition) is 0. The molecule has 15 heteroatoms. The standard InChI is InChI=1S/2C7H7NO5S.Mg/c2*9-8(10)5-6-1-3-7(4-2-6)14(11,12)13;/h2*1-4H,5H2,(H,11,12,13);/q;;+2/p-2. The maximum absolute atomic E-state index is 10.5. The topological polar surface area (TPSA) is 201 Å². The van der Waals surface area contributed by atoms with Gasteiger partial charge in [0.2, 0.25) is 13.1 Å². The number of nitro groups is 2. The zero-order valence-corrected chi connectivity index (χ0v) is 17.6. The molecule has 152 valence electrons. The van der Waals surface area contributed by atoms with Gasteiger partial charge in [-0.05, 0) is 24.3 Å². The van der Waals surface area contributed by atoms with Gasteiger partial charge >= 0.3 is 23.1 Å². The van der Waals surface area contributed by atoms with E-state index in [1.165, 1.54) is 24.3 Å². The van der Waals surface area contributed by atoms with Gasteiger partial charge in [0.05, 0.1) is 9.79 Å². The van der Waals surface area contributed by atoms with Crippen LogP contribution < -0.4 is 0 Å². The van der Waals surface area contributed by atoms with E-state index in [2.05, 4.69) is 0 Å². The minimum Gasteiger partial charge on any atom is -0.744 e. The third-order valence-corrected chi connectivity index (χ3v) is 4.75. The van der Waals surface area contributed by atoms with Crippen molar-refractivity contribution >= 4 is 43.3 Å². The summed E-state index contributed by atoms with van der Waals surface area (Å²) in [5.41, 5.74) is 0.699. The van der Waals surface area contributed by atoms with Gasteiger partial charge in [0.25, 0.3) is 0 Å². The van der Waals surface area contributed by atoms with E-state index < -0.39 is 30.1 Å². The molecule has 0 bridgehead atoms. The van der Waals surface area contributed by atoms with Crippen molar-refractivity contribution in [3.8, 4) is 0 Å². The van der Waals surface area contributed by atoms with Crippen molar-refractivity contribution in [2.24, 2.45) is 0 Å². The van der Waals surface area contributed by atoms with Crippen molar-refractivity contribution in [3.63, 3.8) is 0 Å². The van der Waals surface area contributed by atoms with Crippen molar-refractivity contribution < 1.29 is 35.8 Å². The van der Waals surface area contributed by atoms with Crippen molar-refractivity contribution in [1.29, 1.82) is 0 Å². The largest absolute Gasteiger partial charge is 2.00 e. The number of rotatable bonds is 6. The van der Waals surface area contributed by atoms with Crippen LogP contribution in [0, 0.1) is 20.2 Å². The van der Waals surface area contributed by atoms with Crippen LogP contribution in [0.2, 0.25) is 0 Å². The van der Waals surface area contributed by atoms with E-state index in [0.717, 1.165) is 24.3 Å². The molecule has 0 saturated carbocycles. The Balaban J connectivity index is 0.000000523. The van der Waals surface area contributed by atoms with Crippen LogP contribution in [0.4, 0.5) is 0 Å². The smallest absolute Gasteiger partial charge is 0.744 e. The fraction of sp³-hybridized carbons (Fsp3) is 0.143. The van der Waals surface area contributed by atoms with Crippen LogP contribution in [0.15, 0.2) is 58.3 Å². The van der Waals surface area contributed by atoms with Gasteiger partial charge in [-0.3, -0.25) is 20.2 Å². The van der Waals surface area contributed by atoms with Crippen LogP contribution >= 0.6 is 0 Å². The molecule has 0 N–H and O–H groups in total. The molecule has 0 radical (unpaired) electrons. The summed E-state index contributed by atoms with van der Waals surface area (Å²) in [6, 6.07) is 9.20. The Morgan fingerprint density at radius 3 is 1.03 bits per heavy atom. The summed E-state index contributed by atoms with van der Waals surface area (Å²) in [6.07, 6.45) is 0. The number of hydrogen-bond acceptors (Lipinski definition) is 10. The van der Waals surface area contributed by atoms with E-state index in [1.807, 2.05) is 0 Å². The number of nitrogens with zero attached hydrogens (tertiary/aromatic N) is 2. The fourth-order valence-electron chi connectivity index (χ4n) is 1.82. The van der Waals surface area contributed by atoms with Crippen molar-refractivity contribution in [1.82, 2.24) is 0 Å². The summed E-state index contributed by atoms with van der Waals surface area (Å²) in [7, 11) is -8.94. The molecule has 2 rings (SSSR count). The first kappa shape index (κ1) is 26.8. The summed E-state index contributed by atoms with van der Waals surface area (Å²) < 4.78 is 62.9. The van der Waals surface area contributed by atoms with Gasteiger partial charge in [-0.1, -0.05) is 24.3 Å². The molecule has 0 heterocycles. The molecule has 0 unspecified atom stereocenters. The van der Waals surface area contributed by atoms with Crippen LogP contribution in [0.3, 0.4) is 0 Å². The Labute approximate surface area is 181 Å². The first-order valence-electron chi connectivity index (χ1n) is 7.12. The quantitative estimate of drug-likeness (QED) is 0.252. The van der Waals surface area contributed by atoms with Gasteiger partial charge in [0, 0.05) is 21.0 Å². The molecule has 0 spiro atoms. The average molecular weight is 457 g/mol. The molecule has 0 amide bonds. The average Bonchev–Trinajstić information content (AvgIpc) is 2.53. The van der Waals surface area contributed by atoms with E-state index in [-0.39, 0.29) is 45.9 Å². The molecule has 0 saturated heterocycles. The zero-order chi connectivity index (χ0) is 21.5. The Morgan fingerprint density at radius 1 is 0.621 bits per heavy atom. The normalized spacial score (nSPS) is 10.8. The van der Waals surface area contributed by atoms with Gasteiger partial charge in [0.1, 0.15) is 20.2 Å². The minimum atomic E-state index is -4.47. The molecular formula is C14H12MgN2O10S2. The monoisotopic (exact) mass is 456 g/mol. The predicted octanol–water partition coefficient (Wildman–Crippen LogP) is 0.354. The molecule has 29 heavy (non-hydrogen) atoms. The zero-order valence-electron chi connectivity index (χ0n) is 14.5. The van der Waals surface area contributed by atoms with E-state index in [9.17, 15) is 46.2 Å². The second-order valence-corrected chi connectivity index (χ2v) is 7.94.